The standard InChI is InChI=1S/C12H23BrN4O/c1-5-17-11(12(13)9(3)16-17)7-10(15-14)6-8(2)18-4/h8,10,15H,5-7,14H2,1-4H3. The number of nitrogens with one attached hydrogen (secondary N) is 1. The SMILES string of the molecule is CCn1nc(C)c(Br)c1CC(CC(C)OC)NN. The van der Waals surface area contributed by atoms with Crippen LogP contribution in [0.15, 0.2) is 4.47 Å². The van der Waals surface area contributed by atoms with E-state index in [0.29, 0.717) is 0 Å². The zero-order valence-corrected chi connectivity index (χ0v) is 13.1. The van der Waals surface area contributed by atoms with Gasteiger partial charge in [-0.1, -0.05) is 0 Å². The Bertz CT molecular complexity index is 380. The van der Waals surface area contributed by atoms with Crippen molar-refractivity contribution < 1.29 is 4.74 Å². The molecule has 0 saturated carbocycles. The van der Waals surface area contributed by atoms with E-state index in [1.165, 1.54) is 5.69 Å². The molecule has 0 saturated heterocycles. The van der Waals surface area contributed by atoms with Crippen LogP contribution >= 0.6 is 15.9 Å². The summed E-state index contributed by atoms with van der Waals surface area (Å²) in [5.41, 5.74) is 5.06. The second-order valence-corrected chi connectivity index (χ2v) is 5.30. The smallest absolute Gasteiger partial charge is 0.0738 e. The fourth-order valence-electron chi connectivity index (χ4n) is 2.00. The highest BCUT2D eigenvalue weighted by atomic mass is 79.9. The summed E-state index contributed by atoms with van der Waals surface area (Å²) in [6.45, 7) is 6.99. The van der Waals surface area contributed by atoms with Crippen molar-refractivity contribution in [3.05, 3.63) is 15.9 Å². The van der Waals surface area contributed by atoms with Crippen LogP contribution in [0.3, 0.4) is 0 Å². The Morgan fingerprint density at radius 2 is 2.22 bits per heavy atom. The highest BCUT2D eigenvalue weighted by molar-refractivity contribution is 9.10. The minimum Gasteiger partial charge on any atom is -0.382 e. The molecule has 1 heterocycles. The minimum atomic E-state index is 0.178. The molecule has 104 valence electrons. The van der Waals surface area contributed by atoms with Gasteiger partial charge in [0.25, 0.3) is 0 Å². The van der Waals surface area contributed by atoms with Gasteiger partial charge in [-0.2, -0.15) is 5.10 Å². The van der Waals surface area contributed by atoms with Crippen LogP contribution in [0.2, 0.25) is 0 Å². The maximum absolute atomic E-state index is 5.62. The molecule has 0 aliphatic carbocycles. The Morgan fingerprint density at radius 3 is 2.72 bits per heavy atom. The van der Waals surface area contributed by atoms with Crippen molar-refractivity contribution in [2.45, 2.75) is 52.3 Å². The van der Waals surface area contributed by atoms with Gasteiger partial charge in [-0.15, -0.1) is 0 Å². The third kappa shape index (κ3) is 3.78. The number of halogens is 1. The summed E-state index contributed by atoms with van der Waals surface area (Å²) in [6.07, 6.45) is 1.89. The van der Waals surface area contributed by atoms with Crippen molar-refractivity contribution in [3.63, 3.8) is 0 Å². The van der Waals surface area contributed by atoms with E-state index in [2.05, 4.69) is 33.4 Å². The van der Waals surface area contributed by atoms with Crippen molar-refractivity contribution in [1.29, 1.82) is 0 Å². The lowest BCUT2D eigenvalue weighted by molar-refractivity contribution is 0.100. The summed E-state index contributed by atoms with van der Waals surface area (Å²) in [6, 6.07) is 0.178. The van der Waals surface area contributed by atoms with E-state index in [4.69, 9.17) is 10.6 Å². The third-order valence-corrected chi connectivity index (χ3v) is 4.18. The number of nitrogens with zero attached hydrogens (tertiary/aromatic N) is 2. The Balaban J connectivity index is 2.81. The molecule has 0 fully saturated rings. The molecule has 0 aliphatic rings. The molecule has 2 atom stereocenters. The van der Waals surface area contributed by atoms with Crippen LogP contribution in [0, 0.1) is 6.92 Å². The quantitative estimate of drug-likeness (QED) is 0.594. The fraction of sp³-hybridized carbons (Fsp3) is 0.750. The zero-order valence-electron chi connectivity index (χ0n) is 11.5. The van der Waals surface area contributed by atoms with E-state index in [1.54, 1.807) is 7.11 Å². The molecule has 18 heavy (non-hydrogen) atoms. The van der Waals surface area contributed by atoms with Crippen molar-refractivity contribution in [2.24, 2.45) is 5.84 Å². The van der Waals surface area contributed by atoms with E-state index in [0.717, 1.165) is 29.6 Å². The van der Waals surface area contributed by atoms with E-state index in [-0.39, 0.29) is 12.1 Å². The Hall–Kier alpha value is -0.430. The molecule has 0 amide bonds. The molecule has 3 N–H and O–H groups in total. The first-order valence-electron chi connectivity index (χ1n) is 6.24. The maximum atomic E-state index is 5.62. The van der Waals surface area contributed by atoms with Crippen LogP contribution in [0.1, 0.15) is 31.7 Å². The molecule has 1 aromatic heterocycles. The molecule has 0 radical (unpaired) electrons. The van der Waals surface area contributed by atoms with Crippen LogP contribution in [-0.2, 0) is 17.7 Å². The van der Waals surface area contributed by atoms with Gasteiger partial charge in [0, 0.05) is 26.1 Å². The van der Waals surface area contributed by atoms with Crippen LogP contribution in [0.25, 0.3) is 0 Å². The summed E-state index contributed by atoms with van der Waals surface area (Å²) in [5, 5.41) is 4.49. The molecule has 0 aromatic carbocycles. The number of hydrogen-bond acceptors (Lipinski definition) is 4. The second kappa shape index (κ2) is 7.23. The van der Waals surface area contributed by atoms with Gasteiger partial charge in [0.2, 0.25) is 0 Å². The molecular weight excluding hydrogens is 296 g/mol. The number of ether oxygens (including phenoxy) is 1. The summed E-state index contributed by atoms with van der Waals surface area (Å²) in [5.74, 6) is 5.62. The first-order chi connectivity index (χ1) is 8.53. The van der Waals surface area contributed by atoms with Crippen LogP contribution in [0.4, 0.5) is 0 Å². The average molecular weight is 319 g/mol. The van der Waals surface area contributed by atoms with Crippen LogP contribution in [0.5, 0.6) is 0 Å². The molecule has 0 aliphatic heterocycles. The van der Waals surface area contributed by atoms with E-state index >= 15 is 0 Å². The lowest BCUT2D eigenvalue weighted by Gasteiger charge is -2.20. The summed E-state index contributed by atoms with van der Waals surface area (Å²) < 4.78 is 8.38. The molecule has 2 unspecified atom stereocenters. The van der Waals surface area contributed by atoms with Gasteiger partial charge in [-0.3, -0.25) is 16.0 Å². The number of aryl methyl sites for hydroxylation is 2. The summed E-state index contributed by atoms with van der Waals surface area (Å²) in [4.78, 5) is 0. The predicted molar refractivity (Wildman–Crippen MR) is 76.2 cm³/mol. The van der Waals surface area contributed by atoms with E-state index in [9.17, 15) is 0 Å². The monoisotopic (exact) mass is 318 g/mol. The lowest BCUT2D eigenvalue weighted by Crippen LogP contribution is -2.39. The fourth-order valence-corrected chi connectivity index (χ4v) is 2.45. The third-order valence-electron chi connectivity index (χ3n) is 3.15. The first kappa shape index (κ1) is 15.6. The van der Waals surface area contributed by atoms with Crippen molar-refractivity contribution in [3.8, 4) is 0 Å². The van der Waals surface area contributed by atoms with Crippen molar-refractivity contribution in [1.82, 2.24) is 15.2 Å². The Morgan fingerprint density at radius 1 is 1.56 bits per heavy atom. The minimum absolute atomic E-state index is 0.178. The van der Waals surface area contributed by atoms with Gasteiger partial charge >= 0.3 is 0 Å². The zero-order chi connectivity index (χ0) is 13.7. The molecular formula is C12H23BrN4O. The predicted octanol–water partition coefficient (Wildman–Crippen LogP) is 1.77. The highest BCUT2D eigenvalue weighted by Crippen LogP contribution is 2.23. The largest absolute Gasteiger partial charge is 0.382 e. The second-order valence-electron chi connectivity index (χ2n) is 4.51. The van der Waals surface area contributed by atoms with Crippen molar-refractivity contribution >= 4 is 15.9 Å². The number of hydrogen-bond donors (Lipinski definition) is 2. The van der Waals surface area contributed by atoms with Crippen LogP contribution < -0.4 is 11.3 Å². The van der Waals surface area contributed by atoms with Gasteiger partial charge in [0.1, 0.15) is 0 Å². The number of nitrogens with two attached hydrogens (primary N) is 1. The molecule has 1 aromatic rings. The highest BCUT2D eigenvalue weighted by Gasteiger charge is 2.18. The first-order valence-corrected chi connectivity index (χ1v) is 7.03. The number of methoxy groups -OCH3 is 1. The van der Waals surface area contributed by atoms with Gasteiger partial charge in [-0.05, 0) is 43.1 Å². The molecule has 5 nitrogen and oxygen atoms in total. The molecule has 6 heteroatoms. The Kier molecular flexibility index (Phi) is 6.28. The maximum Gasteiger partial charge on any atom is 0.0738 e. The molecule has 0 bridgehead atoms. The van der Waals surface area contributed by atoms with Gasteiger partial charge in [0.05, 0.1) is 22.0 Å². The summed E-state index contributed by atoms with van der Waals surface area (Å²) in [7, 11) is 1.72. The van der Waals surface area contributed by atoms with Gasteiger partial charge in [-0.25, -0.2) is 0 Å². The van der Waals surface area contributed by atoms with E-state index in [1.807, 2.05) is 18.5 Å². The van der Waals surface area contributed by atoms with Crippen LogP contribution in [-0.4, -0.2) is 29.0 Å². The lowest BCUT2D eigenvalue weighted by atomic mass is 10.1. The molecule has 1 rings (SSSR count). The Labute approximate surface area is 117 Å². The van der Waals surface area contributed by atoms with Gasteiger partial charge in [0.15, 0.2) is 0 Å². The van der Waals surface area contributed by atoms with E-state index < -0.39 is 0 Å². The van der Waals surface area contributed by atoms with Gasteiger partial charge < -0.3 is 4.74 Å². The van der Waals surface area contributed by atoms with Crippen molar-refractivity contribution in [2.75, 3.05) is 7.11 Å². The normalized spacial score (nSPS) is 14.8. The number of aromatic nitrogens is 2. The molecule has 0 spiro atoms. The summed E-state index contributed by atoms with van der Waals surface area (Å²) >= 11 is 3.60. The number of hydrazine groups is 1. The topological polar surface area (TPSA) is 65.1 Å². The average Bonchev–Trinajstić information content (AvgIpc) is 2.65. The number of rotatable bonds is 7.